The number of hydrogen-bond donors (Lipinski definition) is 1. The highest BCUT2D eigenvalue weighted by Gasteiger charge is 2.17. The number of ether oxygens (including phenoxy) is 3. The van der Waals surface area contributed by atoms with Gasteiger partial charge in [-0.1, -0.05) is 42.5 Å². The fraction of sp³-hybridized carbons (Fsp3) is 0.400. The molecule has 0 aliphatic heterocycles. The molecule has 1 unspecified atom stereocenters. The zero-order valence-electron chi connectivity index (χ0n) is 15.1. The third-order valence-electron chi connectivity index (χ3n) is 4.11. The molecule has 0 heterocycles. The Labute approximate surface area is 149 Å². The Bertz CT molecular complexity index is 633. The molecular formula is C20H27NO4. The van der Waals surface area contributed by atoms with Gasteiger partial charge in [-0.3, -0.25) is 4.90 Å². The molecule has 0 aromatic heterocycles. The first kappa shape index (κ1) is 19.2. The molecule has 2 aromatic rings. The molecule has 0 aliphatic rings. The summed E-state index contributed by atoms with van der Waals surface area (Å²) >= 11 is 0. The van der Waals surface area contributed by atoms with Gasteiger partial charge in [0.15, 0.2) is 11.5 Å². The van der Waals surface area contributed by atoms with Crippen molar-refractivity contribution in [3.05, 3.63) is 59.7 Å². The average Bonchev–Trinajstić information content (AvgIpc) is 2.66. The Morgan fingerprint density at radius 2 is 1.72 bits per heavy atom. The first-order valence-electron chi connectivity index (χ1n) is 8.33. The zero-order valence-corrected chi connectivity index (χ0v) is 15.1. The number of aliphatic hydroxyl groups excluding tert-OH is 1. The monoisotopic (exact) mass is 345 g/mol. The summed E-state index contributed by atoms with van der Waals surface area (Å²) in [5.74, 6) is 1.43. The number of para-hydroxylation sites is 1. The molecule has 0 radical (unpaired) electrons. The Morgan fingerprint density at radius 1 is 0.960 bits per heavy atom. The van der Waals surface area contributed by atoms with Crippen LogP contribution in [0.15, 0.2) is 48.5 Å². The van der Waals surface area contributed by atoms with E-state index in [1.54, 1.807) is 21.3 Å². The van der Waals surface area contributed by atoms with Gasteiger partial charge >= 0.3 is 0 Å². The molecule has 0 amide bonds. The van der Waals surface area contributed by atoms with E-state index in [9.17, 15) is 5.11 Å². The lowest BCUT2D eigenvalue weighted by Gasteiger charge is -2.26. The van der Waals surface area contributed by atoms with Gasteiger partial charge in [-0.05, 0) is 11.6 Å². The van der Waals surface area contributed by atoms with Crippen molar-refractivity contribution in [3.63, 3.8) is 0 Å². The van der Waals surface area contributed by atoms with Crippen molar-refractivity contribution in [2.24, 2.45) is 0 Å². The van der Waals surface area contributed by atoms with Crippen LogP contribution in [0.2, 0.25) is 0 Å². The minimum atomic E-state index is -0.561. The van der Waals surface area contributed by atoms with Gasteiger partial charge in [0.1, 0.15) is 0 Å². The number of aliphatic hydroxyl groups is 1. The molecule has 25 heavy (non-hydrogen) atoms. The lowest BCUT2D eigenvalue weighted by molar-refractivity contribution is 0.0844. The van der Waals surface area contributed by atoms with Crippen LogP contribution in [0, 0.1) is 0 Å². The molecule has 0 bridgehead atoms. The number of methoxy groups -OCH3 is 3. The van der Waals surface area contributed by atoms with Gasteiger partial charge < -0.3 is 19.3 Å². The molecule has 0 fully saturated rings. The normalized spacial score (nSPS) is 12.2. The average molecular weight is 345 g/mol. The lowest BCUT2D eigenvalue weighted by Crippen LogP contribution is -2.31. The van der Waals surface area contributed by atoms with Crippen LogP contribution in [-0.2, 0) is 11.3 Å². The third-order valence-corrected chi connectivity index (χ3v) is 4.11. The van der Waals surface area contributed by atoms with Crippen molar-refractivity contribution >= 4 is 0 Å². The summed E-state index contributed by atoms with van der Waals surface area (Å²) in [6.45, 7) is 2.44. The smallest absolute Gasteiger partial charge is 0.165 e. The summed E-state index contributed by atoms with van der Waals surface area (Å²) in [7, 11) is 4.95. The maximum Gasteiger partial charge on any atom is 0.165 e. The number of nitrogens with zero attached hydrogens (tertiary/aromatic N) is 1. The Morgan fingerprint density at radius 3 is 2.36 bits per heavy atom. The topological polar surface area (TPSA) is 51.2 Å². The van der Waals surface area contributed by atoms with Crippen LogP contribution in [0.3, 0.4) is 0 Å². The fourth-order valence-electron chi connectivity index (χ4n) is 2.80. The van der Waals surface area contributed by atoms with Crippen LogP contribution in [0.1, 0.15) is 17.2 Å². The summed E-state index contributed by atoms with van der Waals surface area (Å²) in [6, 6.07) is 15.5. The maximum atomic E-state index is 10.6. The van der Waals surface area contributed by atoms with Crippen molar-refractivity contribution < 1.29 is 19.3 Å². The first-order chi connectivity index (χ1) is 12.2. The molecule has 2 aromatic carbocycles. The predicted octanol–water partition coefficient (Wildman–Crippen LogP) is 2.89. The third kappa shape index (κ3) is 5.46. The second-order valence-electron chi connectivity index (χ2n) is 5.81. The maximum absolute atomic E-state index is 10.6. The van der Waals surface area contributed by atoms with Crippen LogP contribution >= 0.6 is 0 Å². The van der Waals surface area contributed by atoms with Crippen molar-refractivity contribution in [3.8, 4) is 11.5 Å². The standard InChI is InChI=1S/C20H27NO4/c1-23-13-12-21(15-18(22)16-8-5-4-6-9-16)14-17-10-7-11-19(24-2)20(17)25-3/h4-11,18,22H,12-15H2,1-3H3. The number of rotatable bonds is 10. The van der Waals surface area contributed by atoms with Crippen LogP contribution in [0.5, 0.6) is 11.5 Å². The van der Waals surface area contributed by atoms with Crippen LogP contribution in [0.25, 0.3) is 0 Å². The van der Waals surface area contributed by atoms with Gasteiger partial charge in [0.25, 0.3) is 0 Å². The van der Waals surface area contributed by atoms with E-state index in [4.69, 9.17) is 14.2 Å². The van der Waals surface area contributed by atoms with E-state index >= 15 is 0 Å². The molecule has 0 saturated heterocycles. The van der Waals surface area contributed by atoms with Gasteiger partial charge in [-0.15, -0.1) is 0 Å². The molecule has 0 saturated carbocycles. The van der Waals surface area contributed by atoms with Gasteiger partial charge in [0.2, 0.25) is 0 Å². The summed E-state index contributed by atoms with van der Waals surface area (Å²) in [6.07, 6.45) is -0.561. The molecule has 1 N–H and O–H groups in total. The van der Waals surface area contributed by atoms with E-state index in [2.05, 4.69) is 4.90 Å². The van der Waals surface area contributed by atoms with Gasteiger partial charge in [0.05, 0.1) is 26.9 Å². The van der Waals surface area contributed by atoms with E-state index in [1.807, 2.05) is 48.5 Å². The fourth-order valence-corrected chi connectivity index (χ4v) is 2.80. The van der Waals surface area contributed by atoms with E-state index in [-0.39, 0.29) is 0 Å². The van der Waals surface area contributed by atoms with Crippen molar-refractivity contribution in [2.45, 2.75) is 12.6 Å². The van der Waals surface area contributed by atoms with Crippen LogP contribution in [-0.4, -0.2) is 51.0 Å². The second kappa shape index (κ2) is 10.0. The highest BCUT2D eigenvalue weighted by atomic mass is 16.5. The Kier molecular flexibility index (Phi) is 7.73. The summed E-state index contributed by atoms with van der Waals surface area (Å²) in [5, 5.41) is 10.6. The minimum Gasteiger partial charge on any atom is -0.493 e. The van der Waals surface area contributed by atoms with Crippen molar-refractivity contribution in [2.75, 3.05) is 41.0 Å². The molecule has 5 nitrogen and oxygen atoms in total. The predicted molar refractivity (Wildman–Crippen MR) is 98.1 cm³/mol. The Hall–Kier alpha value is -2.08. The number of hydrogen-bond acceptors (Lipinski definition) is 5. The van der Waals surface area contributed by atoms with Crippen LogP contribution < -0.4 is 9.47 Å². The molecule has 136 valence electrons. The highest BCUT2D eigenvalue weighted by Crippen LogP contribution is 2.31. The molecule has 5 heteroatoms. The zero-order chi connectivity index (χ0) is 18.1. The highest BCUT2D eigenvalue weighted by molar-refractivity contribution is 5.46. The van der Waals surface area contributed by atoms with E-state index < -0.39 is 6.10 Å². The van der Waals surface area contributed by atoms with E-state index in [1.165, 1.54) is 0 Å². The summed E-state index contributed by atoms with van der Waals surface area (Å²) < 4.78 is 16.1. The SMILES string of the molecule is COCCN(Cc1cccc(OC)c1OC)CC(O)c1ccccc1. The minimum absolute atomic E-state index is 0.508. The largest absolute Gasteiger partial charge is 0.493 e. The second-order valence-corrected chi connectivity index (χ2v) is 5.81. The van der Waals surface area contributed by atoms with Gasteiger partial charge in [-0.2, -0.15) is 0 Å². The van der Waals surface area contributed by atoms with Crippen LogP contribution in [0.4, 0.5) is 0 Å². The van der Waals surface area contributed by atoms with Gasteiger partial charge in [0, 0.05) is 32.3 Å². The molecule has 0 spiro atoms. The van der Waals surface area contributed by atoms with Gasteiger partial charge in [-0.25, -0.2) is 0 Å². The number of benzene rings is 2. The van der Waals surface area contributed by atoms with Crippen molar-refractivity contribution in [1.82, 2.24) is 4.90 Å². The van der Waals surface area contributed by atoms with E-state index in [0.29, 0.717) is 32.0 Å². The molecule has 0 aliphatic carbocycles. The summed E-state index contributed by atoms with van der Waals surface area (Å²) in [4.78, 5) is 2.15. The first-order valence-corrected chi connectivity index (χ1v) is 8.33. The van der Waals surface area contributed by atoms with Crippen molar-refractivity contribution in [1.29, 1.82) is 0 Å². The quantitative estimate of drug-likeness (QED) is 0.718. The molecular weight excluding hydrogens is 318 g/mol. The summed E-state index contributed by atoms with van der Waals surface area (Å²) in [5.41, 5.74) is 1.92. The lowest BCUT2D eigenvalue weighted by atomic mass is 10.1. The molecule has 1 atom stereocenters. The Balaban J connectivity index is 2.15. The molecule has 2 rings (SSSR count). The van der Waals surface area contributed by atoms with E-state index in [0.717, 1.165) is 16.9 Å².